The second-order valence-electron chi connectivity index (χ2n) is 3.68. The summed E-state index contributed by atoms with van der Waals surface area (Å²) in [5.41, 5.74) is 0.168. The Hall–Kier alpha value is -2.06. The highest BCUT2D eigenvalue weighted by atomic mass is 32.2. The fraction of sp³-hybridized carbons (Fsp3) is 0.100. The number of hydrogen-bond donors (Lipinski definition) is 2. The zero-order valence-corrected chi connectivity index (χ0v) is 9.72. The SMILES string of the molecule is NS(=O)(=O)c1ccc2c(c1)C(=O)C(C(=O)O)C=N2. The van der Waals surface area contributed by atoms with Crippen molar-refractivity contribution in [2.75, 3.05) is 0 Å². The molecule has 3 N–H and O–H groups in total. The number of nitrogens with zero attached hydrogens (tertiary/aromatic N) is 1. The average Bonchev–Trinajstić information content (AvgIpc) is 2.27. The Morgan fingerprint density at radius 3 is 2.61 bits per heavy atom. The lowest BCUT2D eigenvalue weighted by atomic mass is 9.95. The number of aliphatic imine (C=N–C) groups is 1. The Balaban J connectivity index is 2.59. The highest BCUT2D eigenvalue weighted by molar-refractivity contribution is 7.89. The molecule has 0 saturated heterocycles. The maximum Gasteiger partial charge on any atom is 0.319 e. The molecule has 0 saturated carbocycles. The normalized spacial score (nSPS) is 18.5. The van der Waals surface area contributed by atoms with Crippen LogP contribution in [0.4, 0.5) is 5.69 Å². The number of aliphatic carboxylic acids is 1. The van der Waals surface area contributed by atoms with E-state index in [2.05, 4.69) is 4.99 Å². The van der Waals surface area contributed by atoms with Crippen molar-refractivity contribution >= 4 is 33.7 Å². The second-order valence-corrected chi connectivity index (χ2v) is 5.24. The number of carbonyl (C=O) groups is 2. The van der Waals surface area contributed by atoms with Gasteiger partial charge in [-0.1, -0.05) is 0 Å². The number of ketones is 1. The van der Waals surface area contributed by atoms with Crippen molar-refractivity contribution in [1.82, 2.24) is 0 Å². The Morgan fingerprint density at radius 2 is 2.06 bits per heavy atom. The minimum absolute atomic E-state index is 0.0589. The van der Waals surface area contributed by atoms with Gasteiger partial charge in [0.15, 0.2) is 11.7 Å². The molecule has 1 unspecified atom stereocenters. The summed E-state index contributed by atoms with van der Waals surface area (Å²) < 4.78 is 22.3. The van der Waals surface area contributed by atoms with Crippen molar-refractivity contribution in [2.24, 2.45) is 16.0 Å². The summed E-state index contributed by atoms with van der Waals surface area (Å²) in [7, 11) is -3.95. The number of Topliss-reactive ketones (excluding diaryl/α,β-unsaturated/α-hetero) is 1. The molecule has 2 rings (SSSR count). The van der Waals surface area contributed by atoms with E-state index in [-0.39, 0.29) is 16.1 Å². The van der Waals surface area contributed by atoms with Gasteiger partial charge in [-0.2, -0.15) is 0 Å². The van der Waals surface area contributed by atoms with Gasteiger partial charge in [-0.25, -0.2) is 13.6 Å². The maximum absolute atomic E-state index is 11.8. The molecule has 1 aliphatic heterocycles. The van der Waals surface area contributed by atoms with Gasteiger partial charge in [0.25, 0.3) is 0 Å². The summed E-state index contributed by atoms with van der Waals surface area (Å²) in [5.74, 6) is -3.44. The van der Waals surface area contributed by atoms with Crippen molar-refractivity contribution in [3.8, 4) is 0 Å². The Morgan fingerprint density at radius 1 is 1.39 bits per heavy atom. The largest absolute Gasteiger partial charge is 0.480 e. The molecular formula is C10H8N2O5S. The standard InChI is InChI=1S/C10H8N2O5S/c11-18(16,17)5-1-2-8-6(3-5)9(13)7(4-12-8)10(14)15/h1-4,7H,(H,14,15)(H2,11,16,17). The van der Waals surface area contributed by atoms with Gasteiger partial charge in [-0.05, 0) is 18.2 Å². The first kappa shape index (κ1) is 12.4. The molecule has 18 heavy (non-hydrogen) atoms. The van der Waals surface area contributed by atoms with E-state index in [1.165, 1.54) is 12.1 Å². The second kappa shape index (κ2) is 4.00. The van der Waals surface area contributed by atoms with E-state index in [4.69, 9.17) is 10.2 Å². The van der Waals surface area contributed by atoms with E-state index in [0.717, 1.165) is 12.3 Å². The van der Waals surface area contributed by atoms with Gasteiger partial charge in [0, 0.05) is 11.8 Å². The lowest BCUT2D eigenvalue weighted by Gasteiger charge is -2.14. The Labute approximate surface area is 102 Å². The van der Waals surface area contributed by atoms with Crippen LogP contribution < -0.4 is 5.14 Å². The molecule has 1 atom stereocenters. The van der Waals surface area contributed by atoms with Crippen molar-refractivity contribution in [3.63, 3.8) is 0 Å². The van der Waals surface area contributed by atoms with Crippen LogP contribution in [0.25, 0.3) is 0 Å². The number of primary sulfonamides is 1. The number of rotatable bonds is 2. The summed E-state index contributed by atoms with van der Waals surface area (Å²) in [6.45, 7) is 0. The maximum atomic E-state index is 11.8. The number of carbonyl (C=O) groups excluding carboxylic acids is 1. The summed E-state index contributed by atoms with van der Waals surface area (Å²) in [6.07, 6.45) is 1.02. The molecule has 0 aromatic heterocycles. The van der Waals surface area contributed by atoms with Gasteiger partial charge in [-0.15, -0.1) is 0 Å². The molecule has 0 bridgehead atoms. The molecule has 0 spiro atoms. The van der Waals surface area contributed by atoms with Crippen molar-refractivity contribution < 1.29 is 23.1 Å². The average molecular weight is 268 g/mol. The molecular weight excluding hydrogens is 260 g/mol. The number of nitrogens with two attached hydrogens (primary N) is 1. The Bertz CT molecular complexity index is 678. The first-order valence-electron chi connectivity index (χ1n) is 4.79. The van der Waals surface area contributed by atoms with Gasteiger partial charge in [0.05, 0.1) is 10.6 Å². The quantitative estimate of drug-likeness (QED) is 0.726. The zero-order chi connectivity index (χ0) is 13.5. The summed E-state index contributed by atoms with van der Waals surface area (Å²) in [4.78, 5) is 26.2. The summed E-state index contributed by atoms with van der Waals surface area (Å²) in [6, 6.07) is 3.56. The van der Waals surface area contributed by atoms with E-state index in [9.17, 15) is 18.0 Å². The van der Waals surface area contributed by atoms with Crippen LogP contribution in [0.2, 0.25) is 0 Å². The van der Waals surface area contributed by atoms with Crippen LogP contribution in [0, 0.1) is 5.92 Å². The molecule has 0 amide bonds. The highest BCUT2D eigenvalue weighted by Gasteiger charge is 2.31. The fourth-order valence-corrected chi connectivity index (χ4v) is 2.11. The minimum Gasteiger partial charge on any atom is -0.480 e. The van der Waals surface area contributed by atoms with E-state index in [0.29, 0.717) is 0 Å². The third-order valence-electron chi connectivity index (χ3n) is 2.47. The van der Waals surface area contributed by atoms with Crippen LogP contribution in [0.5, 0.6) is 0 Å². The van der Waals surface area contributed by atoms with Crippen LogP contribution in [-0.4, -0.2) is 31.5 Å². The first-order chi connectivity index (χ1) is 8.30. The number of carboxylic acid groups (broad SMARTS) is 1. The first-order valence-corrected chi connectivity index (χ1v) is 6.33. The van der Waals surface area contributed by atoms with Crippen molar-refractivity contribution in [1.29, 1.82) is 0 Å². The predicted octanol–water partition coefficient (Wildman–Crippen LogP) is -0.0666. The van der Waals surface area contributed by atoms with Crippen LogP contribution >= 0.6 is 0 Å². The van der Waals surface area contributed by atoms with Crippen molar-refractivity contribution in [2.45, 2.75) is 4.90 Å². The van der Waals surface area contributed by atoms with Gasteiger partial charge >= 0.3 is 5.97 Å². The van der Waals surface area contributed by atoms with Crippen molar-refractivity contribution in [3.05, 3.63) is 23.8 Å². The number of carboxylic acids is 1. The molecule has 1 aromatic rings. The molecule has 7 nitrogen and oxygen atoms in total. The highest BCUT2D eigenvalue weighted by Crippen LogP contribution is 2.28. The smallest absolute Gasteiger partial charge is 0.319 e. The van der Waals surface area contributed by atoms with E-state index in [1.54, 1.807) is 0 Å². The number of hydrogen-bond acceptors (Lipinski definition) is 5. The van der Waals surface area contributed by atoms with Crippen LogP contribution in [0.15, 0.2) is 28.1 Å². The van der Waals surface area contributed by atoms with Crippen LogP contribution in [0.3, 0.4) is 0 Å². The molecule has 8 heteroatoms. The monoisotopic (exact) mass is 268 g/mol. The summed E-state index contributed by atoms with van der Waals surface area (Å²) >= 11 is 0. The molecule has 0 fully saturated rings. The third kappa shape index (κ3) is 2.03. The minimum atomic E-state index is -3.95. The molecule has 0 radical (unpaired) electrons. The number of benzene rings is 1. The van der Waals surface area contributed by atoms with E-state index in [1.807, 2.05) is 0 Å². The van der Waals surface area contributed by atoms with Gasteiger partial charge in [-0.3, -0.25) is 14.6 Å². The predicted molar refractivity (Wildman–Crippen MR) is 61.4 cm³/mol. The zero-order valence-electron chi connectivity index (χ0n) is 8.90. The van der Waals surface area contributed by atoms with Gasteiger partial charge in [0.2, 0.25) is 10.0 Å². The fourth-order valence-electron chi connectivity index (χ4n) is 1.57. The summed E-state index contributed by atoms with van der Waals surface area (Å²) in [5, 5.41) is 13.7. The topological polar surface area (TPSA) is 127 Å². The van der Waals surface area contributed by atoms with Gasteiger partial charge in [0.1, 0.15) is 0 Å². The number of fused-ring (bicyclic) bond motifs is 1. The third-order valence-corrected chi connectivity index (χ3v) is 3.38. The lowest BCUT2D eigenvalue weighted by Crippen LogP contribution is -2.27. The van der Waals surface area contributed by atoms with E-state index < -0.39 is 27.7 Å². The van der Waals surface area contributed by atoms with Gasteiger partial charge < -0.3 is 5.11 Å². The molecule has 94 valence electrons. The lowest BCUT2D eigenvalue weighted by molar-refractivity contribution is -0.137. The Kier molecular flexibility index (Phi) is 2.76. The number of sulfonamides is 1. The van der Waals surface area contributed by atoms with Crippen LogP contribution in [0.1, 0.15) is 10.4 Å². The molecule has 1 aromatic carbocycles. The van der Waals surface area contributed by atoms with Crippen LogP contribution in [-0.2, 0) is 14.8 Å². The molecule has 0 aliphatic carbocycles. The molecule has 1 aliphatic rings. The van der Waals surface area contributed by atoms with E-state index >= 15 is 0 Å². The molecule has 1 heterocycles.